The van der Waals surface area contributed by atoms with Crippen molar-refractivity contribution in [3.63, 3.8) is 0 Å². The summed E-state index contributed by atoms with van der Waals surface area (Å²) in [6, 6.07) is 7.96. The lowest BCUT2D eigenvalue weighted by atomic mass is 10.1. The number of carbonyl (C=O) groups is 2. The van der Waals surface area contributed by atoms with Gasteiger partial charge in [-0.3, -0.25) is 9.59 Å². The highest BCUT2D eigenvalue weighted by atomic mass is 19.1. The first kappa shape index (κ1) is 16.5. The molecule has 6 nitrogen and oxygen atoms in total. The van der Waals surface area contributed by atoms with Crippen molar-refractivity contribution in [2.45, 2.75) is 13.3 Å². The molecule has 1 heterocycles. The highest BCUT2D eigenvalue weighted by Gasteiger charge is 2.16. The van der Waals surface area contributed by atoms with Crippen LogP contribution in [0.25, 0.3) is 0 Å². The van der Waals surface area contributed by atoms with E-state index in [4.69, 9.17) is 4.74 Å². The molecule has 0 fully saturated rings. The molecule has 23 heavy (non-hydrogen) atoms. The molecule has 0 saturated heterocycles. The second-order valence-corrected chi connectivity index (χ2v) is 4.87. The van der Waals surface area contributed by atoms with Crippen LogP contribution in [0.3, 0.4) is 0 Å². The van der Waals surface area contributed by atoms with Crippen molar-refractivity contribution in [3.8, 4) is 5.75 Å². The van der Waals surface area contributed by atoms with Crippen molar-refractivity contribution in [2.75, 3.05) is 19.0 Å². The molecule has 2 aromatic rings. The summed E-state index contributed by atoms with van der Waals surface area (Å²) in [7, 11) is 1.49. The Kier molecular flexibility index (Phi) is 5.35. The zero-order chi connectivity index (χ0) is 16.8. The van der Waals surface area contributed by atoms with Crippen molar-refractivity contribution < 1.29 is 18.7 Å². The van der Waals surface area contributed by atoms with Gasteiger partial charge >= 0.3 is 0 Å². The number of carbonyl (C=O) groups excluding carboxylic acids is 2. The van der Waals surface area contributed by atoms with E-state index in [0.717, 1.165) is 0 Å². The number of rotatable bonds is 6. The minimum absolute atomic E-state index is 0.197. The summed E-state index contributed by atoms with van der Waals surface area (Å²) in [6.07, 6.45) is 0.362. The third kappa shape index (κ3) is 4.32. The summed E-state index contributed by atoms with van der Waals surface area (Å²) in [5.41, 5.74) is 0.733. The molecule has 1 aromatic carbocycles. The summed E-state index contributed by atoms with van der Waals surface area (Å²) >= 11 is 0. The van der Waals surface area contributed by atoms with Crippen LogP contribution in [0.2, 0.25) is 0 Å². The first-order valence-electron chi connectivity index (χ1n) is 7.10. The standard InChI is InChI=1S/C16H18FN3O3/c1-10(21)19-14-9-13(15(20-14)16(22)18-2)23-8-7-11-5-3-4-6-12(11)17/h3-6,9,20H,7-8H2,1-2H3,(H,18,22)(H,19,21). The predicted octanol–water partition coefficient (Wildman–Crippen LogP) is 2.09. The van der Waals surface area contributed by atoms with Crippen molar-refractivity contribution in [3.05, 3.63) is 47.4 Å². The number of hydrogen-bond acceptors (Lipinski definition) is 3. The third-order valence-electron chi connectivity index (χ3n) is 3.13. The van der Waals surface area contributed by atoms with Crippen LogP contribution < -0.4 is 15.4 Å². The molecule has 0 radical (unpaired) electrons. The second kappa shape index (κ2) is 7.44. The molecule has 0 unspecified atom stereocenters. The van der Waals surface area contributed by atoms with Gasteiger partial charge in [0.05, 0.1) is 6.61 Å². The van der Waals surface area contributed by atoms with Crippen molar-refractivity contribution in [2.24, 2.45) is 0 Å². The van der Waals surface area contributed by atoms with E-state index in [0.29, 0.717) is 23.6 Å². The smallest absolute Gasteiger partial charge is 0.271 e. The highest BCUT2D eigenvalue weighted by Crippen LogP contribution is 2.23. The fraction of sp³-hybridized carbons (Fsp3) is 0.250. The maximum atomic E-state index is 13.6. The first-order valence-corrected chi connectivity index (χ1v) is 7.10. The van der Waals surface area contributed by atoms with Crippen LogP contribution in [-0.4, -0.2) is 30.5 Å². The molecular weight excluding hydrogens is 301 g/mol. The molecule has 1 aromatic heterocycles. The summed E-state index contributed by atoms with van der Waals surface area (Å²) in [6.45, 7) is 1.56. The zero-order valence-corrected chi connectivity index (χ0v) is 12.9. The van der Waals surface area contributed by atoms with Crippen LogP contribution in [0.1, 0.15) is 23.0 Å². The van der Waals surface area contributed by atoms with Crippen LogP contribution in [-0.2, 0) is 11.2 Å². The molecule has 0 aliphatic heterocycles. The van der Waals surface area contributed by atoms with Gasteiger partial charge in [-0.2, -0.15) is 0 Å². The van der Waals surface area contributed by atoms with E-state index in [1.54, 1.807) is 18.2 Å². The summed E-state index contributed by atoms with van der Waals surface area (Å²) in [5.74, 6) is -0.285. The van der Waals surface area contributed by atoms with Gasteiger partial charge in [-0.1, -0.05) is 18.2 Å². The number of benzene rings is 1. The number of hydrogen-bond donors (Lipinski definition) is 3. The fourth-order valence-corrected chi connectivity index (χ4v) is 2.07. The van der Waals surface area contributed by atoms with Gasteiger partial charge < -0.3 is 20.4 Å². The van der Waals surface area contributed by atoms with Gasteiger partial charge in [0.15, 0.2) is 5.75 Å². The molecule has 122 valence electrons. The summed E-state index contributed by atoms with van der Waals surface area (Å²) in [5, 5.41) is 5.03. The van der Waals surface area contributed by atoms with Gasteiger partial charge in [-0.05, 0) is 11.6 Å². The number of aromatic nitrogens is 1. The van der Waals surface area contributed by atoms with E-state index >= 15 is 0 Å². The topological polar surface area (TPSA) is 83.2 Å². The van der Waals surface area contributed by atoms with Gasteiger partial charge in [0.2, 0.25) is 5.91 Å². The van der Waals surface area contributed by atoms with Crippen LogP contribution in [0, 0.1) is 5.82 Å². The Hall–Kier alpha value is -2.83. The van der Waals surface area contributed by atoms with Crippen molar-refractivity contribution >= 4 is 17.6 Å². The molecule has 7 heteroatoms. The van der Waals surface area contributed by atoms with Gasteiger partial charge in [-0.15, -0.1) is 0 Å². The molecule has 0 aliphatic rings. The average Bonchev–Trinajstić information content (AvgIpc) is 2.90. The number of ether oxygens (including phenoxy) is 1. The van der Waals surface area contributed by atoms with E-state index in [2.05, 4.69) is 15.6 Å². The van der Waals surface area contributed by atoms with Crippen LogP contribution in [0.4, 0.5) is 10.2 Å². The van der Waals surface area contributed by atoms with Crippen molar-refractivity contribution in [1.29, 1.82) is 0 Å². The number of nitrogens with one attached hydrogen (secondary N) is 3. The molecule has 0 atom stereocenters. The highest BCUT2D eigenvalue weighted by molar-refractivity contribution is 5.97. The van der Waals surface area contributed by atoms with Crippen LogP contribution >= 0.6 is 0 Å². The van der Waals surface area contributed by atoms with Gasteiger partial charge in [-0.25, -0.2) is 4.39 Å². The minimum Gasteiger partial charge on any atom is -0.491 e. The SMILES string of the molecule is CNC(=O)c1[nH]c(NC(C)=O)cc1OCCc1ccccc1F. The molecule has 0 aliphatic carbocycles. The number of H-pyrrole nitrogens is 1. The Labute approximate surface area is 133 Å². The minimum atomic E-state index is -0.373. The number of amides is 2. The Morgan fingerprint density at radius 3 is 2.70 bits per heavy atom. The van der Waals surface area contributed by atoms with E-state index < -0.39 is 0 Å². The summed E-state index contributed by atoms with van der Waals surface area (Å²) in [4.78, 5) is 25.7. The zero-order valence-electron chi connectivity index (χ0n) is 12.9. The lowest BCUT2D eigenvalue weighted by Gasteiger charge is -2.07. The van der Waals surface area contributed by atoms with E-state index in [9.17, 15) is 14.0 Å². The number of halogens is 1. The largest absolute Gasteiger partial charge is 0.491 e. The maximum absolute atomic E-state index is 13.6. The van der Waals surface area contributed by atoms with Gasteiger partial charge in [0.25, 0.3) is 5.91 Å². The Balaban J connectivity index is 2.08. The monoisotopic (exact) mass is 319 g/mol. The molecule has 3 N–H and O–H groups in total. The lowest BCUT2D eigenvalue weighted by molar-refractivity contribution is -0.114. The van der Waals surface area contributed by atoms with E-state index in [1.807, 2.05) is 0 Å². The maximum Gasteiger partial charge on any atom is 0.271 e. The Morgan fingerprint density at radius 1 is 1.30 bits per heavy atom. The quantitative estimate of drug-likeness (QED) is 0.762. The third-order valence-corrected chi connectivity index (χ3v) is 3.13. The van der Waals surface area contributed by atoms with Gasteiger partial charge in [0.1, 0.15) is 17.3 Å². The lowest BCUT2D eigenvalue weighted by Crippen LogP contribution is -2.19. The molecule has 0 spiro atoms. The molecule has 0 bridgehead atoms. The Morgan fingerprint density at radius 2 is 2.04 bits per heavy atom. The average molecular weight is 319 g/mol. The molecular formula is C16H18FN3O3. The molecule has 2 rings (SSSR count). The molecule has 0 saturated carbocycles. The Bertz CT molecular complexity index is 712. The summed E-state index contributed by atoms with van der Waals surface area (Å²) < 4.78 is 19.1. The number of aromatic amines is 1. The predicted molar refractivity (Wildman–Crippen MR) is 84.1 cm³/mol. The van der Waals surface area contributed by atoms with Crippen LogP contribution in [0.5, 0.6) is 5.75 Å². The van der Waals surface area contributed by atoms with E-state index in [1.165, 1.54) is 26.1 Å². The normalized spacial score (nSPS) is 10.2. The number of anilines is 1. The first-order chi connectivity index (χ1) is 11.0. The van der Waals surface area contributed by atoms with E-state index in [-0.39, 0.29) is 29.9 Å². The fourth-order valence-electron chi connectivity index (χ4n) is 2.07. The second-order valence-electron chi connectivity index (χ2n) is 4.87. The van der Waals surface area contributed by atoms with Crippen molar-refractivity contribution in [1.82, 2.24) is 10.3 Å². The molecule has 2 amide bonds. The van der Waals surface area contributed by atoms with Gasteiger partial charge in [0, 0.05) is 26.5 Å². The van der Waals surface area contributed by atoms with Crippen LogP contribution in [0.15, 0.2) is 30.3 Å².